The molecule has 0 aliphatic heterocycles. The van der Waals surface area contributed by atoms with Crippen molar-refractivity contribution in [2.24, 2.45) is 11.8 Å². The molecule has 1 aromatic heterocycles. The monoisotopic (exact) mass is 331 g/mol. The maximum atomic E-state index is 12.4. The number of rotatable bonds is 7. The molecule has 0 bridgehead atoms. The molecular weight excluding hydrogens is 298 g/mol. The lowest BCUT2D eigenvalue weighted by atomic mass is 9.79. The molecule has 2 aliphatic carbocycles. The number of hydrogen-bond acceptors (Lipinski definition) is 2. The van der Waals surface area contributed by atoms with Crippen LogP contribution in [0.5, 0.6) is 0 Å². The minimum atomic E-state index is 0.245. The highest BCUT2D eigenvalue weighted by Gasteiger charge is 2.25. The molecule has 0 aromatic carbocycles. The molecule has 0 spiro atoms. The van der Waals surface area contributed by atoms with Crippen molar-refractivity contribution in [1.29, 1.82) is 0 Å². The Hall–Kier alpha value is -1.32. The third kappa shape index (κ3) is 4.40. The van der Waals surface area contributed by atoms with Crippen molar-refractivity contribution >= 4 is 5.91 Å². The van der Waals surface area contributed by atoms with Gasteiger partial charge >= 0.3 is 0 Å². The molecule has 4 nitrogen and oxygen atoms in total. The first kappa shape index (κ1) is 17.5. The highest BCUT2D eigenvalue weighted by atomic mass is 16.1. The van der Waals surface area contributed by atoms with Gasteiger partial charge in [0.1, 0.15) is 0 Å². The van der Waals surface area contributed by atoms with E-state index in [1.165, 1.54) is 62.6 Å². The highest BCUT2D eigenvalue weighted by Crippen LogP contribution is 2.31. The van der Waals surface area contributed by atoms with Crippen LogP contribution < -0.4 is 5.32 Å². The molecule has 1 amide bonds. The summed E-state index contributed by atoms with van der Waals surface area (Å²) in [5.41, 5.74) is 2.81. The van der Waals surface area contributed by atoms with E-state index in [1.807, 2.05) is 6.20 Å². The van der Waals surface area contributed by atoms with Crippen molar-refractivity contribution in [1.82, 2.24) is 15.1 Å². The van der Waals surface area contributed by atoms with E-state index in [2.05, 4.69) is 22.0 Å². The number of nitrogens with zero attached hydrogens (tertiary/aromatic N) is 2. The van der Waals surface area contributed by atoms with Gasteiger partial charge in [-0.2, -0.15) is 5.10 Å². The zero-order valence-corrected chi connectivity index (χ0v) is 15.2. The lowest BCUT2D eigenvalue weighted by Crippen LogP contribution is -2.35. The lowest BCUT2D eigenvalue weighted by Gasteiger charge is -2.27. The molecule has 0 saturated heterocycles. The highest BCUT2D eigenvalue weighted by molar-refractivity contribution is 5.78. The Balaban J connectivity index is 1.38. The van der Waals surface area contributed by atoms with Crippen LogP contribution in [-0.4, -0.2) is 22.2 Å². The van der Waals surface area contributed by atoms with E-state index in [0.717, 1.165) is 31.7 Å². The van der Waals surface area contributed by atoms with Crippen molar-refractivity contribution in [3.05, 3.63) is 17.5 Å². The predicted octanol–water partition coefficient (Wildman–Crippen LogP) is 3.87. The van der Waals surface area contributed by atoms with E-state index < -0.39 is 0 Å². The number of carbonyl (C=O) groups is 1. The van der Waals surface area contributed by atoms with E-state index in [1.54, 1.807) is 0 Å². The molecule has 3 rings (SSSR count). The maximum absolute atomic E-state index is 12.4. The van der Waals surface area contributed by atoms with Crippen molar-refractivity contribution in [3.63, 3.8) is 0 Å². The summed E-state index contributed by atoms with van der Waals surface area (Å²) in [5, 5.41) is 7.67. The molecule has 1 saturated carbocycles. The molecule has 0 atom stereocenters. The summed E-state index contributed by atoms with van der Waals surface area (Å²) in [6.07, 6.45) is 15.5. The van der Waals surface area contributed by atoms with Crippen LogP contribution in [0.2, 0.25) is 0 Å². The summed E-state index contributed by atoms with van der Waals surface area (Å²) >= 11 is 0. The average Bonchev–Trinajstić information content (AvgIpc) is 3.03. The first-order chi connectivity index (χ1) is 11.8. The third-order valence-corrected chi connectivity index (χ3v) is 5.95. The van der Waals surface area contributed by atoms with Crippen molar-refractivity contribution in [3.8, 4) is 0 Å². The Morgan fingerprint density at radius 2 is 2.04 bits per heavy atom. The van der Waals surface area contributed by atoms with Gasteiger partial charge in [0.2, 0.25) is 5.91 Å². The summed E-state index contributed by atoms with van der Waals surface area (Å²) in [7, 11) is 0. The molecule has 0 unspecified atom stereocenters. The second-order valence-corrected chi connectivity index (χ2v) is 7.70. The SMILES string of the molecule is CCCCC1CCC(C(=O)NCCn2ncc3c2CCCC3)CC1. The van der Waals surface area contributed by atoms with E-state index >= 15 is 0 Å². The van der Waals surface area contributed by atoms with Crippen LogP contribution in [0.1, 0.15) is 76.0 Å². The second-order valence-electron chi connectivity index (χ2n) is 7.70. The van der Waals surface area contributed by atoms with Gasteiger partial charge < -0.3 is 5.32 Å². The van der Waals surface area contributed by atoms with E-state index in [9.17, 15) is 4.79 Å². The van der Waals surface area contributed by atoms with Crippen LogP contribution in [0.15, 0.2) is 6.20 Å². The summed E-state index contributed by atoms with van der Waals surface area (Å²) in [5.74, 6) is 1.38. The van der Waals surface area contributed by atoms with Crippen molar-refractivity contribution in [2.45, 2.75) is 84.1 Å². The van der Waals surface area contributed by atoms with Crippen LogP contribution in [0.4, 0.5) is 0 Å². The Bertz CT molecular complexity index is 529. The minimum Gasteiger partial charge on any atom is -0.354 e. The largest absolute Gasteiger partial charge is 0.354 e. The average molecular weight is 332 g/mol. The van der Waals surface area contributed by atoms with E-state index in [0.29, 0.717) is 6.54 Å². The molecule has 1 aromatic rings. The third-order valence-electron chi connectivity index (χ3n) is 5.95. The number of nitrogens with one attached hydrogen (secondary N) is 1. The first-order valence-electron chi connectivity index (χ1n) is 10.1. The molecule has 24 heavy (non-hydrogen) atoms. The fourth-order valence-corrected chi connectivity index (χ4v) is 4.38. The van der Waals surface area contributed by atoms with Gasteiger partial charge in [-0.3, -0.25) is 9.48 Å². The number of hydrogen-bond donors (Lipinski definition) is 1. The van der Waals surface area contributed by atoms with E-state index in [-0.39, 0.29) is 11.8 Å². The Morgan fingerprint density at radius 3 is 2.83 bits per heavy atom. The standard InChI is InChI=1S/C20H33N3O/c1-2-3-6-16-9-11-17(12-10-16)20(24)21-13-14-23-19-8-5-4-7-18(19)15-22-23/h15-17H,2-14H2,1H3,(H,21,24). The Morgan fingerprint density at radius 1 is 1.25 bits per heavy atom. The van der Waals surface area contributed by atoms with Gasteiger partial charge in [-0.05, 0) is 62.8 Å². The lowest BCUT2D eigenvalue weighted by molar-refractivity contribution is -0.126. The molecule has 1 heterocycles. The Kier molecular flexibility index (Phi) is 6.33. The van der Waals surface area contributed by atoms with Crippen LogP contribution in [0.25, 0.3) is 0 Å². The molecule has 134 valence electrons. The number of aromatic nitrogens is 2. The second kappa shape index (κ2) is 8.68. The smallest absolute Gasteiger partial charge is 0.223 e. The predicted molar refractivity (Wildman–Crippen MR) is 96.9 cm³/mol. The maximum Gasteiger partial charge on any atom is 0.223 e. The van der Waals surface area contributed by atoms with Crippen LogP contribution in [0, 0.1) is 11.8 Å². The summed E-state index contributed by atoms with van der Waals surface area (Å²) in [6.45, 7) is 3.78. The van der Waals surface area contributed by atoms with Crippen molar-refractivity contribution in [2.75, 3.05) is 6.54 Å². The van der Waals surface area contributed by atoms with Crippen LogP contribution in [-0.2, 0) is 24.2 Å². The molecule has 0 radical (unpaired) electrons. The van der Waals surface area contributed by atoms with Gasteiger partial charge in [0.25, 0.3) is 0 Å². The first-order valence-corrected chi connectivity index (χ1v) is 10.1. The van der Waals surface area contributed by atoms with Gasteiger partial charge in [-0.1, -0.05) is 26.2 Å². The van der Waals surface area contributed by atoms with Gasteiger partial charge in [0.05, 0.1) is 12.7 Å². The molecule has 4 heteroatoms. The van der Waals surface area contributed by atoms with Crippen LogP contribution in [0.3, 0.4) is 0 Å². The zero-order valence-electron chi connectivity index (χ0n) is 15.2. The van der Waals surface area contributed by atoms with Gasteiger partial charge in [0, 0.05) is 18.2 Å². The van der Waals surface area contributed by atoms with Crippen LogP contribution >= 0.6 is 0 Å². The topological polar surface area (TPSA) is 46.9 Å². The van der Waals surface area contributed by atoms with Crippen molar-refractivity contribution < 1.29 is 4.79 Å². The van der Waals surface area contributed by atoms with E-state index in [4.69, 9.17) is 0 Å². The number of aryl methyl sites for hydroxylation is 1. The van der Waals surface area contributed by atoms with Gasteiger partial charge in [0.15, 0.2) is 0 Å². The summed E-state index contributed by atoms with van der Waals surface area (Å²) in [4.78, 5) is 12.4. The van der Waals surface area contributed by atoms with Gasteiger partial charge in [-0.15, -0.1) is 0 Å². The van der Waals surface area contributed by atoms with Gasteiger partial charge in [-0.25, -0.2) is 0 Å². The quantitative estimate of drug-likeness (QED) is 0.824. The number of amides is 1. The minimum absolute atomic E-state index is 0.245. The number of unbranched alkanes of at least 4 members (excludes halogenated alkanes) is 1. The summed E-state index contributed by atoms with van der Waals surface area (Å²) in [6, 6.07) is 0. The number of carbonyl (C=O) groups excluding carboxylic acids is 1. The molecule has 1 fully saturated rings. The summed E-state index contributed by atoms with van der Waals surface area (Å²) < 4.78 is 2.11. The molecular formula is C20H33N3O. The molecule has 2 aliphatic rings. The Labute approximate surface area is 146 Å². The number of fused-ring (bicyclic) bond motifs is 1. The normalized spacial score (nSPS) is 23.7. The zero-order chi connectivity index (χ0) is 16.8. The fourth-order valence-electron chi connectivity index (χ4n) is 4.38. The molecule has 1 N–H and O–H groups in total. The fraction of sp³-hybridized carbons (Fsp3) is 0.800.